The lowest BCUT2D eigenvalue weighted by Crippen LogP contribution is -2.41. The van der Waals surface area contributed by atoms with Crippen molar-refractivity contribution in [1.29, 1.82) is 0 Å². The van der Waals surface area contributed by atoms with Gasteiger partial charge in [-0.3, -0.25) is 10.1 Å². The molecule has 1 aromatic rings. The Hall–Kier alpha value is -1.57. The lowest BCUT2D eigenvalue weighted by atomic mass is 9.95. The Morgan fingerprint density at radius 2 is 1.95 bits per heavy atom. The first-order valence-corrected chi connectivity index (χ1v) is 8.51. The Balaban J connectivity index is 2.06. The summed E-state index contributed by atoms with van der Waals surface area (Å²) in [6.45, 7) is 3.71. The van der Waals surface area contributed by atoms with Gasteiger partial charge in [0.05, 0.1) is 5.25 Å². The highest BCUT2D eigenvalue weighted by molar-refractivity contribution is 8.00. The zero-order valence-electron chi connectivity index (χ0n) is 13.3. The first-order chi connectivity index (χ1) is 10.5. The number of nitrogens with one attached hydrogen (secondary N) is 2. The minimum absolute atomic E-state index is 0.333. The minimum atomic E-state index is -0.498. The molecule has 1 atom stereocenters. The predicted molar refractivity (Wildman–Crippen MR) is 84.8 cm³/mol. The van der Waals surface area contributed by atoms with Crippen molar-refractivity contribution in [1.82, 2.24) is 25.4 Å². The van der Waals surface area contributed by atoms with E-state index in [1.165, 1.54) is 38.1 Å². The maximum atomic E-state index is 12.0. The first kappa shape index (κ1) is 16.8. The maximum Gasteiger partial charge on any atom is 0.321 e. The van der Waals surface area contributed by atoms with Crippen LogP contribution in [0.2, 0.25) is 0 Å². The summed E-state index contributed by atoms with van der Waals surface area (Å²) in [5, 5.41) is 13.4. The second kappa shape index (κ2) is 7.62. The molecule has 0 aliphatic heterocycles. The van der Waals surface area contributed by atoms with Crippen molar-refractivity contribution in [2.75, 3.05) is 7.05 Å². The molecule has 0 saturated heterocycles. The summed E-state index contributed by atoms with van der Waals surface area (Å²) < 4.78 is 2.15. The van der Waals surface area contributed by atoms with Crippen LogP contribution in [0.5, 0.6) is 0 Å². The summed E-state index contributed by atoms with van der Waals surface area (Å²) >= 11 is 1.34. The summed E-state index contributed by atoms with van der Waals surface area (Å²) in [6.07, 6.45) is 5.99. The number of aromatic nitrogens is 3. The lowest BCUT2D eigenvalue weighted by molar-refractivity contribution is -0.119. The number of amides is 3. The zero-order chi connectivity index (χ0) is 16.1. The fraction of sp³-hybridized carbons (Fsp3) is 0.714. The third-order valence-corrected chi connectivity index (χ3v) is 4.95. The van der Waals surface area contributed by atoms with Crippen molar-refractivity contribution in [3.8, 4) is 0 Å². The van der Waals surface area contributed by atoms with Gasteiger partial charge in [-0.15, -0.1) is 10.2 Å². The number of thioether (sulfide) groups is 1. The van der Waals surface area contributed by atoms with Gasteiger partial charge in [-0.1, -0.05) is 31.0 Å². The van der Waals surface area contributed by atoms with E-state index in [1.54, 1.807) is 6.92 Å². The van der Waals surface area contributed by atoms with Crippen LogP contribution in [0, 0.1) is 6.92 Å². The van der Waals surface area contributed by atoms with Gasteiger partial charge in [-0.05, 0) is 26.7 Å². The Bertz CT molecular complexity index is 539. The van der Waals surface area contributed by atoms with Crippen LogP contribution in [-0.4, -0.2) is 39.0 Å². The second-order valence-corrected chi connectivity index (χ2v) is 6.83. The fourth-order valence-electron chi connectivity index (χ4n) is 2.68. The van der Waals surface area contributed by atoms with Crippen LogP contribution in [0.3, 0.4) is 0 Å². The van der Waals surface area contributed by atoms with Gasteiger partial charge in [-0.2, -0.15) is 0 Å². The highest BCUT2D eigenvalue weighted by atomic mass is 32.2. The van der Waals surface area contributed by atoms with E-state index in [1.807, 2.05) is 6.92 Å². The molecule has 2 N–H and O–H groups in total. The van der Waals surface area contributed by atoms with E-state index in [4.69, 9.17) is 0 Å². The van der Waals surface area contributed by atoms with E-state index in [9.17, 15) is 9.59 Å². The van der Waals surface area contributed by atoms with Gasteiger partial charge in [0.15, 0.2) is 5.16 Å². The van der Waals surface area contributed by atoms with Gasteiger partial charge in [-0.25, -0.2) is 4.79 Å². The molecule has 0 bridgehead atoms. The van der Waals surface area contributed by atoms with Crippen molar-refractivity contribution in [2.24, 2.45) is 0 Å². The summed E-state index contributed by atoms with van der Waals surface area (Å²) in [7, 11) is 1.48. The molecule has 1 fully saturated rings. The average Bonchev–Trinajstić information content (AvgIpc) is 2.88. The SMILES string of the molecule is CNC(=O)NC(=O)[C@H](C)Sc1nnc(C)n1C1CCCCC1. The number of nitrogens with zero attached hydrogens (tertiary/aromatic N) is 3. The van der Waals surface area contributed by atoms with Crippen molar-refractivity contribution in [2.45, 2.75) is 62.4 Å². The zero-order valence-corrected chi connectivity index (χ0v) is 14.1. The van der Waals surface area contributed by atoms with E-state index >= 15 is 0 Å². The number of hydrogen-bond donors (Lipinski definition) is 2. The Morgan fingerprint density at radius 3 is 2.59 bits per heavy atom. The van der Waals surface area contributed by atoms with Crippen molar-refractivity contribution in [3.63, 3.8) is 0 Å². The predicted octanol–water partition coefficient (Wildman–Crippen LogP) is 2.03. The van der Waals surface area contributed by atoms with Crippen molar-refractivity contribution < 1.29 is 9.59 Å². The van der Waals surface area contributed by atoms with Crippen LogP contribution < -0.4 is 10.6 Å². The van der Waals surface area contributed by atoms with Crippen LogP contribution in [0.25, 0.3) is 0 Å². The fourth-order valence-corrected chi connectivity index (χ4v) is 3.64. The lowest BCUT2D eigenvalue weighted by Gasteiger charge is -2.25. The molecule has 3 amide bonds. The summed E-state index contributed by atoms with van der Waals surface area (Å²) in [4.78, 5) is 23.2. The third kappa shape index (κ3) is 4.00. The quantitative estimate of drug-likeness (QED) is 0.827. The second-order valence-electron chi connectivity index (χ2n) is 5.52. The van der Waals surface area contributed by atoms with Gasteiger partial charge >= 0.3 is 6.03 Å². The molecule has 8 heteroatoms. The molecule has 22 heavy (non-hydrogen) atoms. The number of aryl methyl sites for hydroxylation is 1. The van der Waals surface area contributed by atoms with E-state index < -0.39 is 11.3 Å². The molecule has 0 aromatic carbocycles. The summed E-state index contributed by atoms with van der Waals surface area (Å²) in [6, 6.07) is -0.0807. The standard InChI is InChI=1S/C14H23N5O2S/c1-9(12(20)16-13(21)15-3)22-14-18-17-10(2)19(14)11-7-5-4-6-8-11/h9,11H,4-8H2,1-3H3,(H2,15,16,20,21)/t9-/m0/s1. The van der Waals surface area contributed by atoms with Crippen LogP contribution >= 0.6 is 11.8 Å². The normalized spacial score (nSPS) is 17.0. The van der Waals surface area contributed by atoms with E-state index in [0.717, 1.165) is 23.8 Å². The van der Waals surface area contributed by atoms with Crippen LogP contribution in [0.15, 0.2) is 5.16 Å². The molecule has 0 unspecified atom stereocenters. The molecule has 1 saturated carbocycles. The first-order valence-electron chi connectivity index (χ1n) is 7.63. The largest absolute Gasteiger partial charge is 0.341 e. The third-order valence-electron chi connectivity index (χ3n) is 3.89. The van der Waals surface area contributed by atoms with Gasteiger partial charge < -0.3 is 9.88 Å². The van der Waals surface area contributed by atoms with Gasteiger partial charge in [0.25, 0.3) is 0 Å². The van der Waals surface area contributed by atoms with Crippen molar-refractivity contribution in [3.05, 3.63) is 5.82 Å². The summed E-state index contributed by atoms with van der Waals surface area (Å²) in [5.74, 6) is 0.550. The molecule has 122 valence electrons. The Morgan fingerprint density at radius 1 is 1.27 bits per heavy atom. The number of rotatable bonds is 4. The molecule has 1 aromatic heterocycles. The number of hydrogen-bond acceptors (Lipinski definition) is 5. The molecule has 1 aliphatic carbocycles. The van der Waals surface area contributed by atoms with Gasteiger partial charge in [0, 0.05) is 13.1 Å². The number of carbonyl (C=O) groups is 2. The molecule has 2 rings (SSSR count). The van der Waals surface area contributed by atoms with E-state index in [0.29, 0.717) is 6.04 Å². The van der Waals surface area contributed by atoms with Gasteiger partial charge in [0.2, 0.25) is 5.91 Å². The van der Waals surface area contributed by atoms with E-state index in [-0.39, 0.29) is 5.91 Å². The Labute approximate surface area is 134 Å². The smallest absolute Gasteiger partial charge is 0.321 e. The summed E-state index contributed by atoms with van der Waals surface area (Å²) in [5.41, 5.74) is 0. The number of carbonyl (C=O) groups excluding carboxylic acids is 2. The molecule has 7 nitrogen and oxygen atoms in total. The molecule has 1 aliphatic rings. The molecule has 1 heterocycles. The van der Waals surface area contributed by atoms with Crippen LogP contribution in [0.1, 0.15) is 50.9 Å². The van der Waals surface area contributed by atoms with Crippen LogP contribution in [0.4, 0.5) is 4.79 Å². The average molecular weight is 325 g/mol. The van der Waals surface area contributed by atoms with Crippen molar-refractivity contribution >= 4 is 23.7 Å². The number of imide groups is 1. The highest BCUT2D eigenvalue weighted by Crippen LogP contribution is 2.33. The minimum Gasteiger partial charge on any atom is -0.341 e. The number of urea groups is 1. The molecule has 0 radical (unpaired) electrons. The monoisotopic (exact) mass is 325 g/mol. The molecular weight excluding hydrogens is 302 g/mol. The molecule has 0 spiro atoms. The van der Waals surface area contributed by atoms with Gasteiger partial charge in [0.1, 0.15) is 5.82 Å². The van der Waals surface area contributed by atoms with E-state index in [2.05, 4.69) is 25.4 Å². The van der Waals surface area contributed by atoms with Crippen LogP contribution in [-0.2, 0) is 4.79 Å². The Kier molecular flexibility index (Phi) is 5.82. The highest BCUT2D eigenvalue weighted by Gasteiger charge is 2.24. The topological polar surface area (TPSA) is 88.9 Å². The maximum absolute atomic E-state index is 12.0. The molecular formula is C14H23N5O2S.